The molecular formula is C14H15N5OS. The Bertz CT molecular complexity index is 726. The predicted molar refractivity (Wildman–Crippen MR) is 81.6 cm³/mol. The summed E-state index contributed by atoms with van der Waals surface area (Å²) in [7, 11) is 0. The zero-order chi connectivity index (χ0) is 14.1. The van der Waals surface area contributed by atoms with Crippen molar-refractivity contribution >= 4 is 27.4 Å². The first kappa shape index (κ1) is 12.7. The fourth-order valence-corrected chi connectivity index (χ4v) is 3.50. The highest BCUT2D eigenvalue weighted by Gasteiger charge is 2.23. The first-order valence-electron chi connectivity index (χ1n) is 6.92. The monoisotopic (exact) mass is 301 g/mol. The van der Waals surface area contributed by atoms with Crippen LogP contribution in [0.25, 0.3) is 10.2 Å². The summed E-state index contributed by atoms with van der Waals surface area (Å²) in [4.78, 5) is 11.1. The lowest BCUT2D eigenvalue weighted by Gasteiger charge is -2.33. The smallest absolute Gasteiger partial charge is 0.150 e. The van der Waals surface area contributed by atoms with Crippen molar-refractivity contribution in [3.63, 3.8) is 0 Å². The van der Waals surface area contributed by atoms with Gasteiger partial charge in [-0.3, -0.25) is 4.68 Å². The number of hydrogen-bond donors (Lipinski definition) is 0. The minimum Gasteiger partial charge on any atom is -0.373 e. The molecule has 3 aromatic rings. The normalized spacial score (nSPS) is 19.2. The number of rotatable bonds is 3. The molecule has 1 saturated heterocycles. The summed E-state index contributed by atoms with van der Waals surface area (Å²) in [5.74, 6) is 1.02. The van der Waals surface area contributed by atoms with E-state index in [9.17, 15) is 0 Å². The first-order chi connectivity index (χ1) is 10.4. The number of hydrogen-bond acceptors (Lipinski definition) is 6. The molecule has 0 aliphatic carbocycles. The standard InChI is InChI=1S/C14H15N5OS/c1-3-17-19(4-1)9-11-8-18(5-6-20-11)14-13-12(2-7-21-13)15-10-16-14/h1-4,7,10-11H,5-6,8-9H2/t11-/m0/s1. The molecule has 4 rings (SSSR count). The number of thiophene rings is 1. The molecule has 6 nitrogen and oxygen atoms in total. The summed E-state index contributed by atoms with van der Waals surface area (Å²) in [6, 6.07) is 3.97. The van der Waals surface area contributed by atoms with Gasteiger partial charge in [0.05, 0.1) is 29.5 Å². The van der Waals surface area contributed by atoms with Gasteiger partial charge in [0.2, 0.25) is 0 Å². The van der Waals surface area contributed by atoms with Crippen molar-refractivity contribution in [2.75, 3.05) is 24.6 Å². The minimum atomic E-state index is 0.128. The van der Waals surface area contributed by atoms with E-state index < -0.39 is 0 Å². The Balaban J connectivity index is 1.56. The summed E-state index contributed by atoms with van der Waals surface area (Å²) >= 11 is 1.69. The highest BCUT2D eigenvalue weighted by atomic mass is 32.1. The van der Waals surface area contributed by atoms with Gasteiger partial charge in [-0.1, -0.05) is 0 Å². The van der Waals surface area contributed by atoms with Crippen LogP contribution in [0.3, 0.4) is 0 Å². The van der Waals surface area contributed by atoms with Crippen molar-refractivity contribution < 1.29 is 4.74 Å². The Morgan fingerprint density at radius 2 is 2.38 bits per heavy atom. The Morgan fingerprint density at radius 3 is 3.29 bits per heavy atom. The van der Waals surface area contributed by atoms with Crippen molar-refractivity contribution in [1.82, 2.24) is 19.7 Å². The van der Waals surface area contributed by atoms with Crippen LogP contribution in [-0.4, -0.2) is 45.5 Å². The molecule has 0 aromatic carbocycles. The predicted octanol–water partition coefficient (Wildman–Crippen LogP) is 1.79. The van der Waals surface area contributed by atoms with Crippen molar-refractivity contribution in [2.45, 2.75) is 12.6 Å². The van der Waals surface area contributed by atoms with E-state index in [1.807, 2.05) is 23.0 Å². The summed E-state index contributed by atoms with van der Waals surface area (Å²) in [5, 5.41) is 6.30. The van der Waals surface area contributed by atoms with E-state index in [0.29, 0.717) is 6.61 Å². The maximum Gasteiger partial charge on any atom is 0.150 e. The van der Waals surface area contributed by atoms with E-state index in [4.69, 9.17) is 4.74 Å². The van der Waals surface area contributed by atoms with Crippen LogP contribution < -0.4 is 4.90 Å². The molecule has 0 amide bonds. The topological polar surface area (TPSA) is 56.1 Å². The minimum absolute atomic E-state index is 0.128. The second-order valence-corrected chi connectivity index (χ2v) is 5.92. The second kappa shape index (κ2) is 5.42. The third kappa shape index (κ3) is 2.50. The number of anilines is 1. The molecule has 1 aliphatic rings. The molecule has 0 N–H and O–H groups in total. The zero-order valence-corrected chi connectivity index (χ0v) is 12.2. The Kier molecular flexibility index (Phi) is 3.28. The lowest BCUT2D eigenvalue weighted by Crippen LogP contribution is -2.44. The number of aromatic nitrogens is 4. The van der Waals surface area contributed by atoms with Crippen LogP contribution in [0.2, 0.25) is 0 Å². The van der Waals surface area contributed by atoms with Gasteiger partial charge >= 0.3 is 0 Å². The Morgan fingerprint density at radius 1 is 1.38 bits per heavy atom. The van der Waals surface area contributed by atoms with Gasteiger partial charge in [-0.05, 0) is 17.5 Å². The summed E-state index contributed by atoms with van der Waals surface area (Å²) < 4.78 is 8.92. The average molecular weight is 301 g/mol. The van der Waals surface area contributed by atoms with Crippen LogP contribution in [0.5, 0.6) is 0 Å². The van der Waals surface area contributed by atoms with Gasteiger partial charge in [-0.25, -0.2) is 9.97 Å². The lowest BCUT2D eigenvalue weighted by molar-refractivity contribution is 0.0273. The van der Waals surface area contributed by atoms with Gasteiger partial charge in [0.25, 0.3) is 0 Å². The molecular weight excluding hydrogens is 286 g/mol. The van der Waals surface area contributed by atoms with E-state index >= 15 is 0 Å². The second-order valence-electron chi connectivity index (χ2n) is 5.00. The van der Waals surface area contributed by atoms with Crippen LogP contribution in [-0.2, 0) is 11.3 Å². The van der Waals surface area contributed by atoms with E-state index in [1.54, 1.807) is 23.9 Å². The fraction of sp³-hybridized carbons (Fsp3) is 0.357. The zero-order valence-electron chi connectivity index (χ0n) is 11.4. The van der Waals surface area contributed by atoms with E-state index in [2.05, 4.69) is 25.3 Å². The molecule has 0 spiro atoms. The highest BCUT2D eigenvalue weighted by molar-refractivity contribution is 7.17. The van der Waals surface area contributed by atoms with Crippen LogP contribution >= 0.6 is 11.3 Å². The molecule has 0 unspecified atom stereocenters. The third-order valence-corrected chi connectivity index (χ3v) is 4.51. The van der Waals surface area contributed by atoms with Crippen LogP contribution in [0.15, 0.2) is 36.2 Å². The first-order valence-corrected chi connectivity index (χ1v) is 7.80. The molecule has 3 aromatic heterocycles. The molecule has 0 saturated carbocycles. The molecule has 4 heterocycles. The molecule has 0 bridgehead atoms. The third-order valence-electron chi connectivity index (χ3n) is 3.61. The van der Waals surface area contributed by atoms with Crippen LogP contribution in [0.1, 0.15) is 0 Å². The number of nitrogens with zero attached hydrogens (tertiary/aromatic N) is 5. The van der Waals surface area contributed by atoms with Crippen LogP contribution in [0.4, 0.5) is 5.82 Å². The van der Waals surface area contributed by atoms with Gasteiger partial charge < -0.3 is 9.64 Å². The van der Waals surface area contributed by atoms with Crippen LogP contribution in [0, 0.1) is 0 Å². The van der Waals surface area contributed by atoms with Gasteiger partial charge in [0.1, 0.15) is 12.1 Å². The Hall–Kier alpha value is -1.99. The largest absolute Gasteiger partial charge is 0.373 e. The van der Waals surface area contributed by atoms with Crippen molar-refractivity contribution in [1.29, 1.82) is 0 Å². The number of fused-ring (bicyclic) bond motifs is 1. The quantitative estimate of drug-likeness (QED) is 0.738. The van der Waals surface area contributed by atoms with Crippen molar-refractivity contribution in [3.05, 3.63) is 36.2 Å². The molecule has 1 fully saturated rings. The summed E-state index contributed by atoms with van der Waals surface area (Å²) in [6.45, 7) is 3.16. The van der Waals surface area contributed by atoms with Gasteiger partial charge in [-0.15, -0.1) is 11.3 Å². The Labute approximate surface area is 126 Å². The molecule has 1 atom stereocenters. The lowest BCUT2D eigenvalue weighted by atomic mass is 10.2. The highest BCUT2D eigenvalue weighted by Crippen LogP contribution is 2.28. The number of ether oxygens (including phenoxy) is 1. The molecule has 1 aliphatic heterocycles. The van der Waals surface area contributed by atoms with E-state index in [-0.39, 0.29) is 6.10 Å². The van der Waals surface area contributed by atoms with Gasteiger partial charge in [0.15, 0.2) is 0 Å². The number of morpholine rings is 1. The SMILES string of the molecule is c1cnn(C[C@@H]2CN(c3ncnc4ccsc34)CCO2)c1. The van der Waals surface area contributed by atoms with E-state index in [1.165, 1.54) is 0 Å². The summed E-state index contributed by atoms with van der Waals surface area (Å²) in [6.07, 6.45) is 5.52. The van der Waals surface area contributed by atoms with E-state index in [0.717, 1.165) is 35.7 Å². The summed E-state index contributed by atoms with van der Waals surface area (Å²) in [5.41, 5.74) is 1.01. The molecule has 0 radical (unpaired) electrons. The van der Waals surface area contributed by atoms with Gasteiger partial charge in [0, 0.05) is 25.5 Å². The molecule has 21 heavy (non-hydrogen) atoms. The van der Waals surface area contributed by atoms with Gasteiger partial charge in [-0.2, -0.15) is 5.10 Å². The van der Waals surface area contributed by atoms with Crippen molar-refractivity contribution in [3.8, 4) is 0 Å². The molecule has 7 heteroatoms. The van der Waals surface area contributed by atoms with Crippen molar-refractivity contribution in [2.24, 2.45) is 0 Å². The fourth-order valence-electron chi connectivity index (χ4n) is 2.64. The average Bonchev–Trinajstić information content (AvgIpc) is 3.18. The molecule has 108 valence electrons. The maximum absolute atomic E-state index is 5.85. The maximum atomic E-state index is 5.85.